The maximum atomic E-state index is 11.7. The summed E-state index contributed by atoms with van der Waals surface area (Å²) in [5, 5.41) is 19.1. The summed E-state index contributed by atoms with van der Waals surface area (Å²) in [5.41, 5.74) is 5.41. The molecule has 0 atom stereocenters. The molecule has 2 N–H and O–H groups in total. The molecule has 5 heteroatoms. The third-order valence-electron chi connectivity index (χ3n) is 6.44. The minimum Gasteiger partial charge on any atom is -0.478 e. The first-order chi connectivity index (χ1) is 15.5. The number of aromatic carboxylic acids is 2. The number of hydrogen-bond acceptors (Lipinski definition) is 3. The van der Waals surface area contributed by atoms with Crippen LogP contribution in [0.1, 0.15) is 43.0 Å². The monoisotopic (exact) mass is 420 g/mol. The smallest absolute Gasteiger partial charge is 0.335 e. The maximum Gasteiger partial charge on any atom is 0.335 e. The lowest BCUT2D eigenvalue weighted by molar-refractivity contribution is 0.0686. The Morgan fingerprint density at radius 2 is 1.03 bits per heavy atom. The van der Waals surface area contributed by atoms with Crippen molar-refractivity contribution in [3.05, 3.63) is 118 Å². The molecule has 0 fully saturated rings. The van der Waals surface area contributed by atoms with Crippen LogP contribution < -0.4 is 4.74 Å². The molecule has 2 aliphatic rings. The molecule has 0 bridgehead atoms. The minimum atomic E-state index is -1.05. The van der Waals surface area contributed by atoms with E-state index in [9.17, 15) is 19.8 Å². The van der Waals surface area contributed by atoms with Crippen molar-refractivity contribution in [2.75, 3.05) is 0 Å². The van der Waals surface area contributed by atoms with Gasteiger partial charge < -0.3 is 14.9 Å². The highest BCUT2D eigenvalue weighted by atomic mass is 16.5. The van der Waals surface area contributed by atoms with E-state index in [0.29, 0.717) is 11.5 Å². The molecule has 5 nitrogen and oxygen atoms in total. The number of benzene rings is 4. The Kier molecular flexibility index (Phi) is 3.63. The van der Waals surface area contributed by atoms with Gasteiger partial charge in [-0.2, -0.15) is 0 Å². The summed E-state index contributed by atoms with van der Waals surface area (Å²) in [5.74, 6) is -1.29. The minimum absolute atomic E-state index is 0.108. The summed E-state index contributed by atoms with van der Waals surface area (Å²) in [6, 6.07) is 26.1. The van der Waals surface area contributed by atoms with Gasteiger partial charge in [-0.25, -0.2) is 9.59 Å². The molecule has 1 heterocycles. The number of carboxylic acid groups (broad SMARTS) is 2. The van der Waals surface area contributed by atoms with Gasteiger partial charge in [0.05, 0.1) is 16.5 Å². The van der Waals surface area contributed by atoms with Crippen LogP contribution in [0.3, 0.4) is 0 Å². The first-order valence-electron chi connectivity index (χ1n) is 10.1. The van der Waals surface area contributed by atoms with Crippen LogP contribution in [0.25, 0.3) is 11.1 Å². The standard InChI is InChI=1S/C27H16O5/c28-25(29)15-9-11-21-23(13-15)32-24-14-16(26(30)31)10-12-22(24)27(21)19-7-3-1-5-17(19)18-6-2-4-8-20(18)27/h1-14H,(H,28,29)(H,30,31). The molecule has 0 saturated heterocycles. The first kappa shape index (κ1) is 18.4. The molecule has 4 aromatic rings. The number of fused-ring (bicyclic) bond motifs is 9. The second-order valence-electron chi connectivity index (χ2n) is 7.98. The molecule has 0 unspecified atom stereocenters. The predicted molar refractivity (Wildman–Crippen MR) is 118 cm³/mol. The van der Waals surface area contributed by atoms with Gasteiger partial charge in [-0.05, 0) is 46.5 Å². The summed E-state index contributed by atoms with van der Waals surface area (Å²) < 4.78 is 6.15. The van der Waals surface area contributed by atoms with E-state index >= 15 is 0 Å². The van der Waals surface area contributed by atoms with Crippen molar-refractivity contribution in [2.24, 2.45) is 0 Å². The molecule has 0 amide bonds. The van der Waals surface area contributed by atoms with E-state index in [1.54, 1.807) is 12.1 Å². The van der Waals surface area contributed by atoms with Crippen LogP contribution in [-0.2, 0) is 5.41 Å². The van der Waals surface area contributed by atoms with Crippen LogP contribution >= 0.6 is 0 Å². The largest absolute Gasteiger partial charge is 0.478 e. The van der Waals surface area contributed by atoms with Crippen molar-refractivity contribution in [1.82, 2.24) is 0 Å². The summed E-state index contributed by atoms with van der Waals surface area (Å²) >= 11 is 0. The van der Waals surface area contributed by atoms with Gasteiger partial charge in [-0.1, -0.05) is 60.7 Å². The van der Waals surface area contributed by atoms with Gasteiger partial charge in [0.25, 0.3) is 0 Å². The lowest BCUT2D eigenvalue weighted by atomic mass is 9.66. The van der Waals surface area contributed by atoms with Crippen molar-refractivity contribution < 1.29 is 24.5 Å². The van der Waals surface area contributed by atoms with Crippen molar-refractivity contribution in [3.63, 3.8) is 0 Å². The van der Waals surface area contributed by atoms with Gasteiger partial charge in [0.2, 0.25) is 0 Å². The van der Waals surface area contributed by atoms with Crippen molar-refractivity contribution in [1.29, 1.82) is 0 Å². The topological polar surface area (TPSA) is 83.8 Å². The van der Waals surface area contributed by atoms with Gasteiger partial charge in [-0.3, -0.25) is 0 Å². The average Bonchev–Trinajstić information content (AvgIpc) is 3.10. The Balaban J connectivity index is 1.78. The molecular formula is C27H16O5. The van der Waals surface area contributed by atoms with E-state index in [1.807, 2.05) is 36.4 Å². The highest BCUT2D eigenvalue weighted by Gasteiger charge is 2.51. The van der Waals surface area contributed by atoms with Gasteiger partial charge >= 0.3 is 11.9 Å². The number of carbonyl (C=O) groups is 2. The van der Waals surface area contributed by atoms with E-state index < -0.39 is 17.4 Å². The molecule has 32 heavy (non-hydrogen) atoms. The van der Waals surface area contributed by atoms with Gasteiger partial charge in [-0.15, -0.1) is 0 Å². The quantitative estimate of drug-likeness (QED) is 0.384. The fourth-order valence-electron chi connectivity index (χ4n) is 5.18. The lowest BCUT2D eigenvalue weighted by Crippen LogP contribution is -2.32. The van der Waals surface area contributed by atoms with Crippen LogP contribution in [0.15, 0.2) is 84.9 Å². The summed E-state index contributed by atoms with van der Waals surface area (Å²) in [6.45, 7) is 0. The highest BCUT2D eigenvalue weighted by Crippen LogP contribution is 2.62. The Morgan fingerprint density at radius 3 is 1.47 bits per heavy atom. The number of hydrogen-bond donors (Lipinski definition) is 2. The molecule has 1 aliphatic heterocycles. The summed E-state index contributed by atoms with van der Waals surface area (Å²) in [7, 11) is 0. The molecule has 0 aromatic heterocycles. The van der Waals surface area contributed by atoms with E-state index in [4.69, 9.17) is 4.74 Å². The fourth-order valence-corrected chi connectivity index (χ4v) is 5.18. The van der Waals surface area contributed by atoms with E-state index in [2.05, 4.69) is 24.3 Å². The van der Waals surface area contributed by atoms with Gasteiger partial charge in [0, 0.05) is 11.1 Å². The molecular weight excluding hydrogens is 404 g/mol. The second kappa shape index (κ2) is 6.31. The third-order valence-corrected chi connectivity index (χ3v) is 6.44. The van der Waals surface area contributed by atoms with E-state index in [0.717, 1.165) is 33.4 Å². The predicted octanol–water partition coefficient (Wildman–Crippen LogP) is 5.55. The fraction of sp³-hybridized carbons (Fsp3) is 0.0370. The van der Waals surface area contributed by atoms with Crippen LogP contribution in [0, 0.1) is 0 Å². The second-order valence-corrected chi connectivity index (χ2v) is 7.98. The summed E-state index contributed by atoms with van der Waals surface area (Å²) in [4.78, 5) is 23.3. The van der Waals surface area contributed by atoms with Crippen LogP contribution in [-0.4, -0.2) is 22.2 Å². The van der Waals surface area contributed by atoms with Gasteiger partial charge in [0.15, 0.2) is 0 Å². The zero-order chi connectivity index (χ0) is 22.0. The highest BCUT2D eigenvalue weighted by molar-refractivity contribution is 5.93. The molecule has 6 rings (SSSR count). The summed E-state index contributed by atoms with van der Waals surface area (Å²) in [6.07, 6.45) is 0. The SMILES string of the molecule is O=C(O)c1ccc2c(c1)Oc1cc(C(=O)O)ccc1C21c2ccccc2-c2ccccc21. The number of rotatable bonds is 2. The zero-order valence-corrected chi connectivity index (χ0v) is 16.7. The molecule has 154 valence electrons. The van der Waals surface area contributed by atoms with Gasteiger partial charge in [0.1, 0.15) is 11.5 Å². The first-order valence-corrected chi connectivity index (χ1v) is 10.1. The Hall–Kier alpha value is -4.38. The van der Waals surface area contributed by atoms with Crippen LogP contribution in [0.4, 0.5) is 0 Å². The molecule has 1 spiro atoms. The maximum absolute atomic E-state index is 11.7. The zero-order valence-electron chi connectivity index (χ0n) is 16.7. The molecule has 0 saturated carbocycles. The van der Waals surface area contributed by atoms with E-state index in [-0.39, 0.29) is 11.1 Å². The van der Waals surface area contributed by atoms with Crippen LogP contribution in [0.5, 0.6) is 11.5 Å². The average molecular weight is 420 g/mol. The number of ether oxygens (including phenoxy) is 1. The van der Waals surface area contributed by atoms with E-state index in [1.165, 1.54) is 12.1 Å². The molecule has 0 radical (unpaired) electrons. The normalized spacial score (nSPS) is 14.0. The van der Waals surface area contributed by atoms with Crippen LogP contribution in [0.2, 0.25) is 0 Å². The molecule has 4 aromatic carbocycles. The Labute approximate surface area is 183 Å². The van der Waals surface area contributed by atoms with Crippen molar-refractivity contribution in [2.45, 2.75) is 5.41 Å². The Morgan fingerprint density at radius 1 is 0.594 bits per heavy atom. The van der Waals surface area contributed by atoms with Crippen molar-refractivity contribution >= 4 is 11.9 Å². The molecule has 1 aliphatic carbocycles. The Bertz CT molecular complexity index is 1360. The third kappa shape index (κ3) is 2.22. The van der Waals surface area contributed by atoms with Crippen molar-refractivity contribution in [3.8, 4) is 22.6 Å². The number of carboxylic acids is 2. The lowest BCUT2D eigenvalue weighted by Gasteiger charge is -2.39.